The molecule has 1 aliphatic rings. The first-order valence-corrected chi connectivity index (χ1v) is 5.33. The average molecular weight is 250 g/mol. The normalized spacial score (nSPS) is 18.6. The van der Waals surface area contributed by atoms with Crippen LogP contribution in [-0.2, 0) is 11.7 Å². The fourth-order valence-electron chi connectivity index (χ4n) is 1.85. The standard InChI is InChI=1S/C11H11ClF3N/c1-16-10(4-5-10)7-2-3-8(9(12)6-7)11(13,14)15/h2-3,6,16H,4-5H2,1H3. The maximum Gasteiger partial charge on any atom is 0.417 e. The van der Waals surface area contributed by atoms with E-state index in [2.05, 4.69) is 5.32 Å². The lowest BCUT2D eigenvalue weighted by molar-refractivity contribution is -0.137. The van der Waals surface area contributed by atoms with E-state index in [1.54, 1.807) is 7.05 Å². The molecule has 1 aliphatic carbocycles. The van der Waals surface area contributed by atoms with Gasteiger partial charge in [-0.3, -0.25) is 0 Å². The summed E-state index contributed by atoms with van der Waals surface area (Å²) in [5, 5.41) is 2.88. The van der Waals surface area contributed by atoms with E-state index >= 15 is 0 Å². The molecule has 0 saturated heterocycles. The number of hydrogen-bond donors (Lipinski definition) is 1. The van der Waals surface area contributed by atoms with Crippen molar-refractivity contribution in [2.45, 2.75) is 24.6 Å². The van der Waals surface area contributed by atoms with E-state index < -0.39 is 11.7 Å². The van der Waals surface area contributed by atoms with E-state index in [1.807, 2.05) is 0 Å². The predicted octanol–water partition coefficient (Wildman–Crippen LogP) is 3.57. The zero-order valence-corrected chi connectivity index (χ0v) is 9.41. The van der Waals surface area contributed by atoms with Crippen molar-refractivity contribution in [1.82, 2.24) is 5.32 Å². The van der Waals surface area contributed by atoms with Crippen molar-refractivity contribution >= 4 is 11.6 Å². The van der Waals surface area contributed by atoms with Gasteiger partial charge in [0.15, 0.2) is 0 Å². The van der Waals surface area contributed by atoms with Crippen molar-refractivity contribution in [3.63, 3.8) is 0 Å². The van der Waals surface area contributed by atoms with Crippen LogP contribution in [0.5, 0.6) is 0 Å². The quantitative estimate of drug-likeness (QED) is 0.845. The van der Waals surface area contributed by atoms with Gasteiger partial charge in [-0.05, 0) is 37.6 Å². The number of halogens is 4. The van der Waals surface area contributed by atoms with Gasteiger partial charge in [-0.2, -0.15) is 13.2 Å². The zero-order valence-electron chi connectivity index (χ0n) is 8.66. The highest BCUT2D eigenvalue weighted by molar-refractivity contribution is 6.31. The van der Waals surface area contributed by atoms with Gasteiger partial charge in [-0.25, -0.2) is 0 Å². The van der Waals surface area contributed by atoms with Gasteiger partial charge >= 0.3 is 6.18 Å². The number of benzene rings is 1. The van der Waals surface area contributed by atoms with Gasteiger partial charge in [0.05, 0.1) is 10.6 Å². The minimum Gasteiger partial charge on any atom is -0.310 e. The topological polar surface area (TPSA) is 12.0 Å². The van der Waals surface area contributed by atoms with E-state index in [0.717, 1.165) is 24.5 Å². The molecule has 0 radical (unpaired) electrons. The summed E-state index contributed by atoms with van der Waals surface area (Å²) in [4.78, 5) is 0. The molecule has 0 aliphatic heterocycles. The Morgan fingerprint density at radius 2 is 1.94 bits per heavy atom. The molecular weight excluding hydrogens is 239 g/mol. The van der Waals surface area contributed by atoms with Crippen molar-refractivity contribution in [1.29, 1.82) is 0 Å². The molecule has 1 nitrogen and oxygen atoms in total. The molecule has 0 unspecified atom stereocenters. The Morgan fingerprint density at radius 1 is 1.31 bits per heavy atom. The Bertz CT molecular complexity index is 410. The second-order valence-corrected chi connectivity index (χ2v) is 4.43. The Morgan fingerprint density at radius 3 is 2.31 bits per heavy atom. The van der Waals surface area contributed by atoms with E-state index in [-0.39, 0.29) is 10.6 Å². The lowest BCUT2D eigenvalue weighted by atomic mass is 10.0. The van der Waals surface area contributed by atoms with Crippen molar-refractivity contribution < 1.29 is 13.2 Å². The summed E-state index contributed by atoms with van der Waals surface area (Å²) in [6.45, 7) is 0. The summed E-state index contributed by atoms with van der Waals surface area (Å²) in [6, 6.07) is 3.96. The van der Waals surface area contributed by atoms with Crippen molar-refractivity contribution in [3.8, 4) is 0 Å². The van der Waals surface area contributed by atoms with Gasteiger partial charge in [0, 0.05) is 5.54 Å². The summed E-state index contributed by atoms with van der Waals surface area (Å²) >= 11 is 5.66. The van der Waals surface area contributed by atoms with Crippen LogP contribution in [0.4, 0.5) is 13.2 Å². The van der Waals surface area contributed by atoms with Crippen LogP contribution in [0.1, 0.15) is 24.0 Å². The Kier molecular flexibility index (Phi) is 2.67. The summed E-state index contributed by atoms with van der Waals surface area (Å²) in [7, 11) is 1.80. The molecule has 0 heterocycles. The molecule has 1 N–H and O–H groups in total. The Balaban J connectivity index is 2.37. The lowest BCUT2D eigenvalue weighted by Gasteiger charge is -2.17. The van der Waals surface area contributed by atoms with E-state index in [1.165, 1.54) is 12.1 Å². The molecule has 0 atom stereocenters. The summed E-state index contributed by atoms with van der Waals surface area (Å²) < 4.78 is 37.4. The van der Waals surface area contributed by atoms with Crippen LogP contribution in [-0.4, -0.2) is 7.05 Å². The fourth-order valence-corrected chi connectivity index (χ4v) is 2.14. The van der Waals surface area contributed by atoms with Crippen molar-refractivity contribution in [2.24, 2.45) is 0 Å². The van der Waals surface area contributed by atoms with Gasteiger partial charge in [0.1, 0.15) is 0 Å². The lowest BCUT2D eigenvalue weighted by Crippen LogP contribution is -2.24. The SMILES string of the molecule is CNC1(c2ccc(C(F)(F)F)c(Cl)c2)CC1. The Hall–Kier alpha value is -0.740. The van der Waals surface area contributed by atoms with Crippen LogP contribution >= 0.6 is 11.6 Å². The summed E-state index contributed by atoms with van der Waals surface area (Å²) in [6.07, 6.45) is -2.51. The van der Waals surface area contributed by atoms with Gasteiger partial charge in [-0.1, -0.05) is 17.7 Å². The second kappa shape index (κ2) is 3.64. The predicted molar refractivity (Wildman–Crippen MR) is 56.4 cm³/mol. The highest BCUT2D eigenvalue weighted by Gasteiger charge is 2.43. The molecular formula is C11H11ClF3N. The number of alkyl halides is 3. The van der Waals surface area contributed by atoms with Crippen molar-refractivity contribution in [3.05, 3.63) is 34.3 Å². The number of nitrogens with one attached hydrogen (secondary N) is 1. The summed E-state index contributed by atoms with van der Waals surface area (Å²) in [5.74, 6) is 0. The van der Waals surface area contributed by atoms with Crippen LogP contribution in [0.25, 0.3) is 0 Å². The fraction of sp³-hybridized carbons (Fsp3) is 0.455. The van der Waals surface area contributed by atoms with E-state index in [0.29, 0.717) is 0 Å². The van der Waals surface area contributed by atoms with Crippen LogP contribution in [0.3, 0.4) is 0 Å². The molecule has 88 valence electrons. The third-order valence-electron chi connectivity index (χ3n) is 3.06. The van der Waals surface area contributed by atoms with Crippen LogP contribution in [0.15, 0.2) is 18.2 Å². The summed E-state index contributed by atoms with van der Waals surface area (Å²) in [5.41, 5.74) is -0.105. The largest absolute Gasteiger partial charge is 0.417 e. The molecule has 1 aromatic rings. The molecule has 0 bridgehead atoms. The molecule has 1 fully saturated rings. The smallest absolute Gasteiger partial charge is 0.310 e. The van der Waals surface area contributed by atoms with E-state index in [4.69, 9.17) is 11.6 Å². The third-order valence-corrected chi connectivity index (χ3v) is 3.37. The molecule has 16 heavy (non-hydrogen) atoms. The second-order valence-electron chi connectivity index (χ2n) is 4.02. The molecule has 0 aromatic heterocycles. The highest BCUT2D eigenvalue weighted by atomic mass is 35.5. The third kappa shape index (κ3) is 1.92. The first-order chi connectivity index (χ1) is 7.39. The molecule has 1 aromatic carbocycles. The zero-order chi connectivity index (χ0) is 12.0. The molecule has 5 heteroatoms. The van der Waals surface area contributed by atoms with Crippen LogP contribution < -0.4 is 5.32 Å². The van der Waals surface area contributed by atoms with Gasteiger partial charge in [-0.15, -0.1) is 0 Å². The van der Waals surface area contributed by atoms with Gasteiger partial charge in [0.25, 0.3) is 0 Å². The van der Waals surface area contributed by atoms with Crippen LogP contribution in [0.2, 0.25) is 5.02 Å². The molecule has 1 saturated carbocycles. The van der Waals surface area contributed by atoms with Gasteiger partial charge in [0.2, 0.25) is 0 Å². The number of rotatable bonds is 2. The minimum absolute atomic E-state index is 0.159. The van der Waals surface area contributed by atoms with E-state index in [9.17, 15) is 13.2 Å². The monoisotopic (exact) mass is 249 g/mol. The maximum absolute atomic E-state index is 12.5. The first kappa shape index (κ1) is 11.7. The first-order valence-electron chi connectivity index (χ1n) is 4.95. The van der Waals surface area contributed by atoms with Crippen molar-refractivity contribution in [2.75, 3.05) is 7.05 Å². The Labute approximate surface area is 96.6 Å². The van der Waals surface area contributed by atoms with Gasteiger partial charge < -0.3 is 5.32 Å². The molecule has 0 amide bonds. The molecule has 0 spiro atoms. The maximum atomic E-state index is 12.5. The highest BCUT2D eigenvalue weighted by Crippen LogP contribution is 2.47. The molecule has 2 rings (SSSR count). The average Bonchev–Trinajstić information content (AvgIpc) is 2.96. The minimum atomic E-state index is -4.38. The van der Waals surface area contributed by atoms with Crippen LogP contribution in [0, 0.1) is 0 Å². The number of hydrogen-bond acceptors (Lipinski definition) is 1.